The molecule has 0 fully saturated rings. The van der Waals surface area contributed by atoms with E-state index >= 15 is 0 Å². The van der Waals surface area contributed by atoms with Crippen LogP contribution in [-0.4, -0.2) is 0 Å². The van der Waals surface area contributed by atoms with E-state index in [0.29, 0.717) is 0 Å². The van der Waals surface area contributed by atoms with Gasteiger partial charge in [0.2, 0.25) is 0 Å². The molecule has 0 saturated carbocycles. The third kappa shape index (κ3) is 4.10. The van der Waals surface area contributed by atoms with Crippen LogP contribution >= 0.6 is 0 Å². The smallest absolute Gasteiger partial charge is 1.00 e. The van der Waals surface area contributed by atoms with E-state index in [-0.39, 0.29) is 38.8 Å². The zero-order valence-electron chi connectivity index (χ0n) is 16.1. The van der Waals surface area contributed by atoms with Crippen LogP contribution in [0.4, 0.5) is 0 Å². The Kier molecular flexibility index (Phi) is 7.23. The SMILES string of the molecule is CC(C)(C)C1=[C]([Zr+2][C]2(C(C)(C)C)C=Cc3ccccc32)CC=C1.[Cl-].[Cl-]. The number of halogens is 2. The molecular weight excluding hydrogens is 426 g/mol. The molecule has 0 heterocycles. The van der Waals surface area contributed by atoms with Crippen LogP contribution in [-0.2, 0) is 26.4 Å². The van der Waals surface area contributed by atoms with E-state index in [1.807, 2.05) is 0 Å². The summed E-state index contributed by atoms with van der Waals surface area (Å²) in [6.07, 6.45) is 10.9. The summed E-state index contributed by atoms with van der Waals surface area (Å²) in [5, 5.41) is 0. The zero-order valence-corrected chi connectivity index (χ0v) is 20.1. The van der Waals surface area contributed by atoms with E-state index in [0.717, 1.165) is 0 Å². The molecule has 2 aliphatic carbocycles. The van der Waals surface area contributed by atoms with Crippen molar-refractivity contribution in [1.82, 2.24) is 0 Å². The Hall–Kier alpha value is -0.0969. The minimum absolute atomic E-state index is 0. The van der Waals surface area contributed by atoms with Crippen LogP contribution in [0.2, 0.25) is 0 Å². The molecule has 0 amide bonds. The average Bonchev–Trinajstić information content (AvgIpc) is 3.04. The summed E-state index contributed by atoms with van der Waals surface area (Å²) in [4.78, 5) is 0. The third-order valence-corrected chi connectivity index (χ3v) is 11.0. The standard InChI is InChI=1S/C13H15.C9H13.2ClH.Zr/c1-13(2,3)12-9-8-10-6-4-5-7-11(10)12;1-9(2,3)8-6-4-5-7-8;;;/h4-9H,1-3H3;4,6H,5H2,1-3H3;2*1H;/q;;;;+2/p-2. The molecule has 0 radical (unpaired) electrons. The van der Waals surface area contributed by atoms with Crippen molar-refractivity contribution in [3.05, 3.63) is 62.5 Å². The molecule has 3 heteroatoms. The van der Waals surface area contributed by atoms with Gasteiger partial charge >= 0.3 is 154 Å². The second-order valence-corrected chi connectivity index (χ2v) is 12.9. The van der Waals surface area contributed by atoms with Crippen molar-refractivity contribution in [2.45, 2.75) is 51.1 Å². The minimum Gasteiger partial charge on any atom is -1.00 e. The topological polar surface area (TPSA) is 0 Å². The van der Waals surface area contributed by atoms with Gasteiger partial charge in [-0.15, -0.1) is 0 Å². The van der Waals surface area contributed by atoms with Gasteiger partial charge in [-0.1, -0.05) is 0 Å². The normalized spacial score (nSPS) is 21.5. The van der Waals surface area contributed by atoms with Crippen LogP contribution in [0.1, 0.15) is 59.1 Å². The van der Waals surface area contributed by atoms with Gasteiger partial charge in [0.1, 0.15) is 0 Å². The van der Waals surface area contributed by atoms with Crippen LogP contribution in [0.3, 0.4) is 0 Å². The number of fused-ring (bicyclic) bond motifs is 1. The molecule has 2 aliphatic rings. The number of hydrogen-bond acceptors (Lipinski definition) is 0. The third-order valence-electron chi connectivity index (χ3n) is 5.17. The summed E-state index contributed by atoms with van der Waals surface area (Å²) >= 11 is -0.807. The number of rotatable bonds is 2. The summed E-state index contributed by atoms with van der Waals surface area (Å²) in [6.45, 7) is 14.4. The van der Waals surface area contributed by atoms with Crippen LogP contribution in [0, 0.1) is 10.8 Å². The molecule has 1 aromatic carbocycles. The summed E-state index contributed by atoms with van der Waals surface area (Å²) in [5.74, 6) is 0. The first kappa shape index (κ1) is 22.9. The van der Waals surface area contributed by atoms with E-state index in [1.54, 1.807) is 14.4 Å². The van der Waals surface area contributed by atoms with Gasteiger partial charge in [0.15, 0.2) is 0 Å². The Morgan fingerprint density at radius 3 is 2.16 bits per heavy atom. The number of hydrogen-bond donors (Lipinski definition) is 0. The minimum atomic E-state index is -0.807. The predicted octanol–water partition coefficient (Wildman–Crippen LogP) is 0.305. The van der Waals surface area contributed by atoms with Crippen molar-refractivity contribution in [2.75, 3.05) is 0 Å². The van der Waals surface area contributed by atoms with Gasteiger partial charge in [0.25, 0.3) is 0 Å². The van der Waals surface area contributed by atoms with Crippen LogP contribution in [0.5, 0.6) is 0 Å². The van der Waals surface area contributed by atoms with Gasteiger partial charge in [-0.05, 0) is 0 Å². The molecule has 134 valence electrons. The van der Waals surface area contributed by atoms with E-state index in [4.69, 9.17) is 0 Å². The van der Waals surface area contributed by atoms with Gasteiger partial charge in [-0.3, -0.25) is 0 Å². The maximum Gasteiger partial charge on any atom is -1.00 e. The second kappa shape index (κ2) is 7.87. The second-order valence-electron chi connectivity index (χ2n) is 8.85. The average molecular weight is 455 g/mol. The Morgan fingerprint density at radius 2 is 1.56 bits per heavy atom. The van der Waals surface area contributed by atoms with Crippen molar-refractivity contribution < 1.29 is 48.0 Å². The summed E-state index contributed by atoms with van der Waals surface area (Å²) < 4.78 is 2.06. The molecule has 3 rings (SSSR count). The van der Waals surface area contributed by atoms with Gasteiger partial charge in [-0.25, -0.2) is 0 Å². The molecule has 0 aromatic heterocycles. The maximum atomic E-state index is 2.55. The summed E-state index contributed by atoms with van der Waals surface area (Å²) in [6, 6.07) is 9.05. The van der Waals surface area contributed by atoms with Gasteiger partial charge in [0, 0.05) is 0 Å². The fourth-order valence-corrected chi connectivity index (χ4v) is 9.21. The van der Waals surface area contributed by atoms with Gasteiger partial charge in [0.05, 0.1) is 0 Å². The van der Waals surface area contributed by atoms with Crippen molar-refractivity contribution in [3.8, 4) is 0 Å². The fourth-order valence-electron chi connectivity index (χ4n) is 3.82. The molecule has 1 aromatic rings. The zero-order chi connectivity index (χ0) is 16.9. The molecule has 0 nitrogen and oxygen atoms in total. The van der Waals surface area contributed by atoms with Crippen LogP contribution in [0.15, 0.2) is 51.3 Å². The Labute approximate surface area is 177 Å². The number of allylic oxidation sites excluding steroid dienone is 5. The Bertz CT molecular complexity index is 714. The predicted molar refractivity (Wildman–Crippen MR) is 96.8 cm³/mol. The molecule has 0 N–H and O–H groups in total. The molecule has 0 aliphatic heterocycles. The Balaban J connectivity index is 0.00000156. The molecule has 0 bridgehead atoms. The van der Waals surface area contributed by atoms with Crippen molar-refractivity contribution >= 4 is 6.08 Å². The summed E-state index contributed by atoms with van der Waals surface area (Å²) in [7, 11) is 0. The number of benzene rings is 1. The van der Waals surface area contributed by atoms with Crippen molar-refractivity contribution in [1.29, 1.82) is 0 Å². The van der Waals surface area contributed by atoms with Gasteiger partial charge in [-0.2, -0.15) is 0 Å². The van der Waals surface area contributed by atoms with Crippen LogP contribution in [0.25, 0.3) is 6.08 Å². The summed E-state index contributed by atoms with van der Waals surface area (Å²) in [5.41, 5.74) is 5.16. The molecule has 0 saturated heterocycles. The monoisotopic (exact) mass is 452 g/mol. The molecule has 1 atom stereocenters. The van der Waals surface area contributed by atoms with Crippen LogP contribution < -0.4 is 24.8 Å². The first-order valence-corrected chi connectivity index (χ1v) is 11.1. The van der Waals surface area contributed by atoms with E-state index in [1.165, 1.54) is 12.0 Å². The van der Waals surface area contributed by atoms with Crippen molar-refractivity contribution in [2.24, 2.45) is 10.8 Å². The molecule has 25 heavy (non-hydrogen) atoms. The fraction of sp³-hybridized carbons (Fsp3) is 0.455. The maximum absolute atomic E-state index is 2.55. The Morgan fingerprint density at radius 1 is 0.920 bits per heavy atom. The van der Waals surface area contributed by atoms with E-state index in [2.05, 4.69) is 90.1 Å². The van der Waals surface area contributed by atoms with E-state index in [9.17, 15) is 0 Å². The molecule has 1 unspecified atom stereocenters. The largest absolute Gasteiger partial charge is 1.00 e. The quantitative estimate of drug-likeness (QED) is 0.604. The first-order valence-electron chi connectivity index (χ1n) is 8.62. The van der Waals surface area contributed by atoms with E-state index < -0.39 is 23.2 Å². The first-order chi connectivity index (χ1) is 10.7. The van der Waals surface area contributed by atoms with Crippen molar-refractivity contribution in [3.63, 3.8) is 0 Å². The molecular formula is C22H28Cl2Zr. The molecule has 0 spiro atoms. The van der Waals surface area contributed by atoms with Gasteiger partial charge < -0.3 is 24.8 Å².